The number of nitrogens with one attached hydrogen (secondary N) is 1. The van der Waals surface area contributed by atoms with E-state index in [-0.39, 0.29) is 0 Å². The summed E-state index contributed by atoms with van der Waals surface area (Å²) in [5.41, 5.74) is 2.91. The maximum absolute atomic E-state index is 6.23. The lowest BCUT2D eigenvalue weighted by atomic mass is 10.0. The summed E-state index contributed by atoms with van der Waals surface area (Å²) in [5.74, 6) is 0. The molecule has 0 radical (unpaired) electrons. The van der Waals surface area contributed by atoms with Gasteiger partial charge in [0.25, 0.3) is 0 Å². The number of benzene rings is 1. The first-order valence-electron chi connectivity index (χ1n) is 7.11. The van der Waals surface area contributed by atoms with Crippen molar-refractivity contribution in [2.45, 2.75) is 40.3 Å². The minimum absolute atomic E-state index is 0.350. The average molecular weight is 289 g/mol. The van der Waals surface area contributed by atoms with E-state index in [1.807, 2.05) is 24.4 Å². The molecule has 0 saturated heterocycles. The van der Waals surface area contributed by atoms with Crippen LogP contribution >= 0.6 is 11.6 Å². The number of hydrogen-bond donors (Lipinski definition) is 1. The molecule has 0 aliphatic heterocycles. The fourth-order valence-corrected chi connectivity index (χ4v) is 3.47. The molecule has 1 fully saturated rings. The zero-order valence-corrected chi connectivity index (χ0v) is 13.3. The molecule has 2 nitrogen and oxygen atoms in total. The smallest absolute Gasteiger partial charge is 0.0761 e. The highest BCUT2D eigenvalue weighted by molar-refractivity contribution is 6.35. The topological polar surface area (TPSA) is 24.9 Å². The predicted octanol–water partition coefficient (Wildman–Crippen LogP) is 4.41. The van der Waals surface area contributed by atoms with Crippen LogP contribution in [0.1, 0.15) is 33.3 Å². The standard InChI is InChI=1S/C17H21ClN2/c1-16(2)15(17(16,3)4)20-10-11-7-8-13(18)12-6-5-9-19-14(11)12/h5-9,15,20H,10H2,1-4H3. The first kappa shape index (κ1) is 13.8. The second-order valence-electron chi connectivity index (χ2n) is 6.86. The summed E-state index contributed by atoms with van der Waals surface area (Å²) in [5, 5.41) is 5.48. The van der Waals surface area contributed by atoms with Gasteiger partial charge in [0, 0.05) is 29.2 Å². The van der Waals surface area contributed by atoms with Gasteiger partial charge in [-0.3, -0.25) is 4.98 Å². The Balaban J connectivity index is 1.85. The highest BCUT2D eigenvalue weighted by Crippen LogP contribution is 2.62. The van der Waals surface area contributed by atoms with Crippen LogP contribution in [0.5, 0.6) is 0 Å². The van der Waals surface area contributed by atoms with E-state index in [9.17, 15) is 0 Å². The van der Waals surface area contributed by atoms with Crippen LogP contribution in [0.4, 0.5) is 0 Å². The molecule has 0 bridgehead atoms. The Morgan fingerprint density at radius 2 is 1.85 bits per heavy atom. The number of halogens is 1. The third-order valence-electron chi connectivity index (χ3n) is 5.32. The van der Waals surface area contributed by atoms with Crippen LogP contribution in [0, 0.1) is 10.8 Å². The Hall–Kier alpha value is -1.12. The molecule has 0 atom stereocenters. The van der Waals surface area contributed by atoms with Crippen LogP contribution in [-0.2, 0) is 6.54 Å². The Kier molecular flexibility index (Phi) is 3.07. The molecule has 1 aromatic heterocycles. The minimum atomic E-state index is 0.350. The summed E-state index contributed by atoms with van der Waals surface area (Å²) < 4.78 is 0. The maximum Gasteiger partial charge on any atom is 0.0761 e. The first-order valence-corrected chi connectivity index (χ1v) is 7.49. The van der Waals surface area contributed by atoms with Gasteiger partial charge in [0.1, 0.15) is 0 Å². The van der Waals surface area contributed by atoms with E-state index in [2.05, 4.69) is 44.1 Å². The lowest BCUT2D eigenvalue weighted by molar-refractivity contribution is 0.457. The summed E-state index contributed by atoms with van der Waals surface area (Å²) in [6.45, 7) is 10.1. The molecule has 3 heteroatoms. The number of fused-ring (bicyclic) bond motifs is 1. The molecule has 1 N–H and O–H groups in total. The average Bonchev–Trinajstić information content (AvgIpc) is 2.80. The molecule has 1 aliphatic rings. The van der Waals surface area contributed by atoms with Gasteiger partial charge in [-0.25, -0.2) is 0 Å². The number of pyridine rings is 1. The quantitative estimate of drug-likeness (QED) is 0.905. The van der Waals surface area contributed by atoms with Crippen molar-refractivity contribution in [1.29, 1.82) is 0 Å². The monoisotopic (exact) mass is 288 g/mol. The number of nitrogens with zero attached hydrogens (tertiary/aromatic N) is 1. The van der Waals surface area contributed by atoms with Gasteiger partial charge in [-0.15, -0.1) is 0 Å². The fraction of sp³-hybridized carbons (Fsp3) is 0.471. The van der Waals surface area contributed by atoms with E-state index in [4.69, 9.17) is 11.6 Å². The molecule has 2 aromatic rings. The molecule has 0 unspecified atom stereocenters. The number of aromatic nitrogens is 1. The van der Waals surface area contributed by atoms with Crippen LogP contribution in [0.25, 0.3) is 10.9 Å². The van der Waals surface area contributed by atoms with E-state index in [1.165, 1.54) is 5.56 Å². The Labute approximate surface area is 125 Å². The summed E-state index contributed by atoms with van der Waals surface area (Å²) in [7, 11) is 0. The van der Waals surface area contributed by atoms with Crippen molar-refractivity contribution in [3.05, 3.63) is 41.0 Å². The van der Waals surface area contributed by atoms with Gasteiger partial charge in [0.2, 0.25) is 0 Å². The molecule has 1 aliphatic carbocycles. The van der Waals surface area contributed by atoms with Gasteiger partial charge in [-0.2, -0.15) is 0 Å². The number of rotatable bonds is 3. The van der Waals surface area contributed by atoms with Crippen molar-refractivity contribution in [2.24, 2.45) is 10.8 Å². The molecule has 0 amide bonds. The van der Waals surface area contributed by atoms with Crippen molar-refractivity contribution in [3.63, 3.8) is 0 Å². The van der Waals surface area contributed by atoms with E-state index in [0.29, 0.717) is 16.9 Å². The molecular formula is C17H21ClN2. The Morgan fingerprint density at radius 3 is 2.50 bits per heavy atom. The maximum atomic E-state index is 6.23. The Bertz CT molecular complexity index is 647. The number of hydrogen-bond acceptors (Lipinski definition) is 2. The molecule has 1 saturated carbocycles. The fourth-order valence-electron chi connectivity index (χ4n) is 3.26. The highest BCUT2D eigenvalue weighted by atomic mass is 35.5. The van der Waals surface area contributed by atoms with Crippen LogP contribution < -0.4 is 5.32 Å². The summed E-state index contributed by atoms with van der Waals surface area (Å²) >= 11 is 6.23. The first-order chi connectivity index (χ1) is 9.35. The van der Waals surface area contributed by atoms with Crippen molar-refractivity contribution < 1.29 is 0 Å². The van der Waals surface area contributed by atoms with Gasteiger partial charge in [-0.1, -0.05) is 45.4 Å². The van der Waals surface area contributed by atoms with Crippen LogP contribution in [-0.4, -0.2) is 11.0 Å². The lowest BCUT2D eigenvalue weighted by Crippen LogP contribution is -2.21. The molecule has 1 heterocycles. The molecule has 106 valence electrons. The summed E-state index contributed by atoms with van der Waals surface area (Å²) in [6.07, 6.45) is 1.83. The zero-order valence-electron chi connectivity index (χ0n) is 12.5. The zero-order chi connectivity index (χ0) is 14.5. The second-order valence-corrected chi connectivity index (χ2v) is 7.27. The predicted molar refractivity (Wildman–Crippen MR) is 84.9 cm³/mol. The van der Waals surface area contributed by atoms with Gasteiger partial charge in [0.05, 0.1) is 5.52 Å². The van der Waals surface area contributed by atoms with Gasteiger partial charge >= 0.3 is 0 Å². The van der Waals surface area contributed by atoms with Gasteiger partial charge in [0.15, 0.2) is 0 Å². The van der Waals surface area contributed by atoms with Crippen LogP contribution in [0.15, 0.2) is 30.5 Å². The SMILES string of the molecule is CC1(C)C(NCc2ccc(Cl)c3cccnc23)C1(C)C. The third kappa shape index (κ3) is 1.94. The second kappa shape index (κ2) is 4.44. The van der Waals surface area contributed by atoms with Crippen molar-refractivity contribution >= 4 is 22.5 Å². The minimum Gasteiger partial charge on any atom is -0.309 e. The van der Waals surface area contributed by atoms with Gasteiger partial charge in [-0.05, 0) is 34.6 Å². The largest absolute Gasteiger partial charge is 0.309 e. The van der Waals surface area contributed by atoms with Crippen molar-refractivity contribution in [2.75, 3.05) is 0 Å². The van der Waals surface area contributed by atoms with Crippen LogP contribution in [0.2, 0.25) is 5.02 Å². The molecule has 1 aromatic carbocycles. The highest BCUT2D eigenvalue weighted by Gasteiger charge is 2.64. The van der Waals surface area contributed by atoms with Gasteiger partial charge < -0.3 is 5.32 Å². The van der Waals surface area contributed by atoms with E-state index in [1.54, 1.807) is 0 Å². The molecule has 20 heavy (non-hydrogen) atoms. The normalized spacial score (nSPS) is 20.2. The van der Waals surface area contributed by atoms with E-state index in [0.717, 1.165) is 22.5 Å². The lowest BCUT2D eigenvalue weighted by Gasteiger charge is -2.10. The van der Waals surface area contributed by atoms with E-state index < -0.39 is 0 Å². The molecule has 0 spiro atoms. The Morgan fingerprint density at radius 1 is 1.15 bits per heavy atom. The molecule has 3 rings (SSSR count). The van der Waals surface area contributed by atoms with Crippen molar-refractivity contribution in [3.8, 4) is 0 Å². The van der Waals surface area contributed by atoms with Crippen LogP contribution in [0.3, 0.4) is 0 Å². The summed E-state index contributed by atoms with van der Waals surface area (Å²) in [4.78, 5) is 4.49. The third-order valence-corrected chi connectivity index (χ3v) is 5.65. The summed E-state index contributed by atoms with van der Waals surface area (Å²) in [6, 6.07) is 8.54. The van der Waals surface area contributed by atoms with Crippen molar-refractivity contribution in [1.82, 2.24) is 10.3 Å². The van der Waals surface area contributed by atoms with E-state index >= 15 is 0 Å². The molecular weight excluding hydrogens is 268 g/mol.